The third kappa shape index (κ3) is 2.89. The molecule has 18 heavy (non-hydrogen) atoms. The molecule has 2 N–H and O–H groups in total. The van der Waals surface area contributed by atoms with Crippen LogP contribution in [0.1, 0.15) is 36.5 Å². The minimum absolute atomic E-state index is 0.0826. The number of carboxylic acid groups (broad SMARTS) is 1. The highest BCUT2D eigenvalue weighted by Gasteiger charge is 2.42. The maximum absolute atomic E-state index is 10.6. The lowest BCUT2D eigenvalue weighted by Crippen LogP contribution is -2.12. The second-order valence-corrected chi connectivity index (χ2v) is 4.87. The van der Waals surface area contributed by atoms with Crippen molar-refractivity contribution in [1.29, 1.82) is 0 Å². The van der Waals surface area contributed by atoms with Gasteiger partial charge < -0.3 is 14.9 Å². The normalized spacial score (nSPS) is 18.3. The monoisotopic (exact) mass is 250 g/mol. The number of aliphatic hydroxyl groups excluding tert-OH is 1. The number of benzene rings is 1. The number of hydrogen-bond donors (Lipinski definition) is 2. The molecule has 2 rings (SSSR count). The minimum Gasteiger partial charge on any atom is -0.479 e. The van der Waals surface area contributed by atoms with E-state index in [-0.39, 0.29) is 5.60 Å². The third-order valence-electron chi connectivity index (χ3n) is 3.64. The van der Waals surface area contributed by atoms with Gasteiger partial charge in [-0.25, -0.2) is 4.79 Å². The van der Waals surface area contributed by atoms with Crippen molar-refractivity contribution in [3.05, 3.63) is 35.4 Å². The molecule has 0 amide bonds. The van der Waals surface area contributed by atoms with Crippen molar-refractivity contribution >= 4 is 5.97 Å². The minimum atomic E-state index is -1.44. The van der Waals surface area contributed by atoms with Crippen LogP contribution in [0.15, 0.2) is 24.3 Å². The number of carboxylic acids is 1. The summed E-state index contributed by atoms with van der Waals surface area (Å²) in [5.41, 5.74) is 1.64. The summed E-state index contributed by atoms with van der Waals surface area (Å²) in [7, 11) is 1.75. The second kappa shape index (κ2) is 5.08. The Kier molecular flexibility index (Phi) is 3.68. The molecule has 0 aromatic heterocycles. The lowest BCUT2D eigenvalue weighted by Gasteiger charge is -2.13. The summed E-state index contributed by atoms with van der Waals surface area (Å²) in [6.45, 7) is 0. The third-order valence-corrected chi connectivity index (χ3v) is 3.64. The molecule has 1 aromatic rings. The smallest absolute Gasteiger partial charge is 0.337 e. The Hall–Kier alpha value is -1.39. The van der Waals surface area contributed by atoms with E-state index in [1.54, 1.807) is 19.2 Å². The van der Waals surface area contributed by atoms with Gasteiger partial charge in [-0.15, -0.1) is 0 Å². The molecule has 4 heteroatoms. The Morgan fingerprint density at radius 2 is 2.00 bits per heavy atom. The van der Waals surface area contributed by atoms with Crippen LogP contribution in [0.4, 0.5) is 0 Å². The van der Waals surface area contributed by atoms with Gasteiger partial charge in [0.25, 0.3) is 0 Å². The summed E-state index contributed by atoms with van der Waals surface area (Å²) >= 11 is 0. The van der Waals surface area contributed by atoms with Crippen LogP contribution in [0.3, 0.4) is 0 Å². The molecule has 0 bridgehead atoms. The fourth-order valence-corrected chi connectivity index (χ4v) is 2.08. The maximum Gasteiger partial charge on any atom is 0.337 e. The summed E-state index contributed by atoms with van der Waals surface area (Å²) in [6.07, 6.45) is 2.72. The van der Waals surface area contributed by atoms with E-state index in [2.05, 4.69) is 0 Å². The first-order chi connectivity index (χ1) is 8.56. The van der Waals surface area contributed by atoms with Gasteiger partial charge in [0.15, 0.2) is 6.10 Å². The van der Waals surface area contributed by atoms with Crippen LogP contribution in [-0.2, 0) is 16.0 Å². The van der Waals surface area contributed by atoms with Crippen LogP contribution in [0.5, 0.6) is 0 Å². The van der Waals surface area contributed by atoms with E-state index in [9.17, 15) is 9.90 Å². The summed E-state index contributed by atoms with van der Waals surface area (Å²) in [6, 6.07) is 7.07. The van der Waals surface area contributed by atoms with E-state index < -0.39 is 12.1 Å². The van der Waals surface area contributed by atoms with Gasteiger partial charge in [0.2, 0.25) is 0 Å². The lowest BCUT2D eigenvalue weighted by molar-refractivity contribution is -0.146. The van der Waals surface area contributed by atoms with Crippen molar-refractivity contribution in [2.75, 3.05) is 7.11 Å². The molecular weight excluding hydrogens is 232 g/mol. The first-order valence-corrected chi connectivity index (χ1v) is 6.11. The highest BCUT2D eigenvalue weighted by atomic mass is 16.5. The number of aryl methyl sites for hydroxylation is 1. The second-order valence-electron chi connectivity index (χ2n) is 4.87. The van der Waals surface area contributed by atoms with Crippen molar-refractivity contribution in [3.8, 4) is 0 Å². The van der Waals surface area contributed by atoms with Crippen molar-refractivity contribution in [2.24, 2.45) is 0 Å². The van der Waals surface area contributed by atoms with Crippen LogP contribution in [-0.4, -0.2) is 28.9 Å². The van der Waals surface area contributed by atoms with Crippen molar-refractivity contribution in [1.82, 2.24) is 0 Å². The number of ether oxygens (including phenoxy) is 1. The zero-order valence-corrected chi connectivity index (χ0v) is 10.4. The quantitative estimate of drug-likeness (QED) is 0.809. The molecule has 1 fully saturated rings. The van der Waals surface area contributed by atoms with Gasteiger partial charge in [0.05, 0.1) is 5.60 Å². The van der Waals surface area contributed by atoms with Crippen molar-refractivity contribution in [2.45, 2.75) is 37.4 Å². The van der Waals surface area contributed by atoms with Gasteiger partial charge in [0.1, 0.15) is 0 Å². The Labute approximate surface area is 106 Å². The number of hydrogen-bond acceptors (Lipinski definition) is 3. The molecule has 0 spiro atoms. The van der Waals surface area contributed by atoms with E-state index in [1.165, 1.54) is 0 Å². The molecule has 1 saturated carbocycles. The fourth-order valence-electron chi connectivity index (χ4n) is 2.08. The number of carbonyl (C=O) groups is 1. The number of aliphatic carboxylic acids is 1. The van der Waals surface area contributed by atoms with Crippen LogP contribution >= 0.6 is 0 Å². The van der Waals surface area contributed by atoms with Crippen LogP contribution in [0, 0.1) is 0 Å². The van der Waals surface area contributed by atoms with E-state index in [4.69, 9.17) is 9.84 Å². The number of aliphatic hydroxyl groups is 1. The Balaban J connectivity index is 1.93. The van der Waals surface area contributed by atoms with E-state index in [0.29, 0.717) is 5.56 Å². The topological polar surface area (TPSA) is 66.8 Å². The van der Waals surface area contributed by atoms with Gasteiger partial charge in [0, 0.05) is 7.11 Å². The molecule has 0 aliphatic heterocycles. The maximum atomic E-state index is 10.6. The van der Waals surface area contributed by atoms with E-state index >= 15 is 0 Å². The highest BCUT2D eigenvalue weighted by molar-refractivity contribution is 5.73. The zero-order valence-electron chi connectivity index (χ0n) is 10.4. The predicted molar refractivity (Wildman–Crippen MR) is 66.3 cm³/mol. The Morgan fingerprint density at radius 3 is 2.44 bits per heavy atom. The Bertz CT molecular complexity index is 420. The fraction of sp³-hybridized carbons (Fsp3) is 0.500. The lowest BCUT2D eigenvalue weighted by atomic mass is 10.0. The molecule has 1 unspecified atom stereocenters. The van der Waals surface area contributed by atoms with Crippen LogP contribution in [0.2, 0.25) is 0 Å². The SMILES string of the molecule is COC1(CCc2ccc(C(O)C(=O)O)cc2)CC1. The van der Waals surface area contributed by atoms with E-state index in [0.717, 1.165) is 31.2 Å². The molecular formula is C14H18O4. The highest BCUT2D eigenvalue weighted by Crippen LogP contribution is 2.42. The van der Waals surface area contributed by atoms with Gasteiger partial charge in [-0.2, -0.15) is 0 Å². The molecule has 0 heterocycles. The standard InChI is InChI=1S/C14H18O4/c1-18-14(8-9-14)7-6-10-2-4-11(5-3-10)12(15)13(16)17/h2-5,12,15H,6-9H2,1H3,(H,16,17). The predicted octanol–water partition coefficient (Wildman–Crippen LogP) is 1.92. The van der Waals surface area contributed by atoms with E-state index in [1.807, 2.05) is 12.1 Å². The molecule has 0 saturated heterocycles. The molecule has 1 atom stereocenters. The molecule has 4 nitrogen and oxygen atoms in total. The zero-order chi connectivity index (χ0) is 13.2. The van der Waals surface area contributed by atoms with Gasteiger partial charge >= 0.3 is 5.97 Å². The van der Waals surface area contributed by atoms with Crippen molar-refractivity contribution in [3.63, 3.8) is 0 Å². The molecule has 98 valence electrons. The summed E-state index contributed by atoms with van der Waals surface area (Å²) in [5.74, 6) is -1.22. The molecule has 1 aliphatic rings. The number of rotatable bonds is 6. The largest absolute Gasteiger partial charge is 0.479 e. The molecule has 0 radical (unpaired) electrons. The number of methoxy groups -OCH3 is 1. The summed E-state index contributed by atoms with van der Waals surface area (Å²) in [5, 5.41) is 18.1. The summed E-state index contributed by atoms with van der Waals surface area (Å²) < 4.78 is 5.45. The van der Waals surface area contributed by atoms with Crippen molar-refractivity contribution < 1.29 is 19.7 Å². The van der Waals surface area contributed by atoms with Gasteiger partial charge in [-0.1, -0.05) is 24.3 Å². The average molecular weight is 250 g/mol. The Morgan fingerprint density at radius 1 is 1.39 bits per heavy atom. The van der Waals surface area contributed by atoms with Gasteiger partial charge in [-0.05, 0) is 36.8 Å². The van der Waals surface area contributed by atoms with Crippen LogP contribution in [0.25, 0.3) is 0 Å². The van der Waals surface area contributed by atoms with Gasteiger partial charge in [-0.3, -0.25) is 0 Å². The molecule has 1 aromatic carbocycles. The first-order valence-electron chi connectivity index (χ1n) is 6.11. The summed E-state index contributed by atoms with van der Waals surface area (Å²) in [4.78, 5) is 10.6. The van der Waals surface area contributed by atoms with Crippen LogP contribution < -0.4 is 0 Å². The molecule has 1 aliphatic carbocycles. The average Bonchev–Trinajstić information content (AvgIpc) is 3.17. The first kappa shape index (κ1) is 13.1.